The summed E-state index contributed by atoms with van der Waals surface area (Å²) in [5.41, 5.74) is 3.05. The first-order valence-corrected chi connectivity index (χ1v) is 5.89. The molecule has 92 valence electrons. The molecule has 3 aromatic rings. The summed E-state index contributed by atoms with van der Waals surface area (Å²) in [6.07, 6.45) is 1.67. The van der Waals surface area contributed by atoms with Gasteiger partial charge in [0.25, 0.3) is 0 Å². The zero-order chi connectivity index (χ0) is 13.2. The molecule has 2 aromatic carbocycles. The van der Waals surface area contributed by atoms with Crippen molar-refractivity contribution in [1.82, 2.24) is 0 Å². The van der Waals surface area contributed by atoms with Gasteiger partial charge in [-0.3, -0.25) is 0 Å². The molecule has 0 bridgehead atoms. The molecule has 0 amide bonds. The summed E-state index contributed by atoms with van der Waals surface area (Å²) in [6.45, 7) is 0. The van der Waals surface area contributed by atoms with Crippen LogP contribution in [0.1, 0.15) is 5.56 Å². The molecule has 1 aromatic heterocycles. The van der Waals surface area contributed by atoms with Crippen LogP contribution in [0.5, 0.6) is 5.75 Å². The average Bonchev–Trinajstić information content (AvgIpc) is 2.92. The lowest BCUT2D eigenvalue weighted by atomic mass is 10.0. The Morgan fingerprint density at radius 1 is 1.11 bits per heavy atom. The number of benzene rings is 2. The first-order chi connectivity index (χ1) is 9.35. The van der Waals surface area contributed by atoms with Crippen LogP contribution in [0, 0.1) is 11.3 Å². The summed E-state index contributed by atoms with van der Waals surface area (Å²) in [5.74, 6) is 0.710. The van der Waals surface area contributed by atoms with Crippen LogP contribution in [0.3, 0.4) is 0 Å². The summed E-state index contributed by atoms with van der Waals surface area (Å²) >= 11 is 0. The number of hydrogen-bond donors (Lipinski definition) is 0. The predicted octanol–water partition coefficient (Wildman–Crippen LogP) is 3.98. The van der Waals surface area contributed by atoms with Gasteiger partial charge in [-0.2, -0.15) is 5.26 Å². The van der Waals surface area contributed by atoms with E-state index in [1.807, 2.05) is 30.3 Å². The highest BCUT2D eigenvalue weighted by Crippen LogP contribution is 2.38. The van der Waals surface area contributed by atoms with Gasteiger partial charge in [0.1, 0.15) is 11.8 Å². The van der Waals surface area contributed by atoms with E-state index < -0.39 is 0 Å². The first kappa shape index (κ1) is 11.4. The Bertz CT molecular complexity index is 767. The third-order valence-corrected chi connectivity index (χ3v) is 3.11. The number of methoxy groups -OCH3 is 1. The van der Waals surface area contributed by atoms with Gasteiger partial charge in [-0.15, -0.1) is 0 Å². The third-order valence-electron chi connectivity index (χ3n) is 3.11. The predicted molar refractivity (Wildman–Crippen MR) is 72.9 cm³/mol. The van der Waals surface area contributed by atoms with Crippen molar-refractivity contribution >= 4 is 11.0 Å². The Labute approximate surface area is 110 Å². The fraction of sp³-hybridized carbons (Fsp3) is 0.0625. The van der Waals surface area contributed by atoms with Gasteiger partial charge < -0.3 is 9.15 Å². The number of ether oxygens (including phenoxy) is 1. The van der Waals surface area contributed by atoms with Crippen molar-refractivity contribution in [1.29, 1.82) is 5.26 Å². The molecule has 0 atom stereocenters. The van der Waals surface area contributed by atoms with Gasteiger partial charge in [0, 0.05) is 5.56 Å². The van der Waals surface area contributed by atoms with Crippen LogP contribution < -0.4 is 4.74 Å². The van der Waals surface area contributed by atoms with Crippen LogP contribution in [-0.4, -0.2) is 7.11 Å². The fourth-order valence-electron chi connectivity index (χ4n) is 2.21. The van der Waals surface area contributed by atoms with Gasteiger partial charge in [0.05, 0.1) is 24.3 Å². The van der Waals surface area contributed by atoms with E-state index >= 15 is 0 Å². The van der Waals surface area contributed by atoms with E-state index in [9.17, 15) is 0 Å². The monoisotopic (exact) mass is 249 g/mol. The van der Waals surface area contributed by atoms with Gasteiger partial charge >= 0.3 is 0 Å². The Hall–Kier alpha value is -2.73. The van der Waals surface area contributed by atoms with Crippen molar-refractivity contribution in [3.05, 3.63) is 54.3 Å². The molecular formula is C16H11NO2. The maximum Gasteiger partial charge on any atom is 0.155 e. The van der Waals surface area contributed by atoms with Gasteiger partial charge in [0.2, 0.25) is 0 Å². The smallest absolute Gasteiger partial charge is 0.155 e. The van der Waals surface area contributed by atoms with E-state index in [0.717, 1.165) is 16.5 Å². The standard InChI is InChI=1S/C16H11NO2/c1-18-14-8-7-12(9-17)16-15(14)13(10-19-16)11-5-3-2-4-6-11/h2-8,10H,1H3. The molecule has 0 N–H and O–H groups in total. The molecule has 0 aliphatic heterocycles. The lowest BCUT2D eigenvalue weighted by Gasteiger charge is -2.04. The average molecular weight is 249 g/mol. The first-order valence-electron chi connectivity index (χ1n) is 5.89. The molecule has 1 heterocycles. The largest absolute Gasteiger partial charge is 0.496 e. The van der Waals surface area contributed by atoms with E-state index in [2.05, 4.69) is 6.07 Å². The molecule has 0 aliphatic rings. The molecule has 0 aliphatic carbocycles. The molecule has 3 rings (SSSR count). The van der Waals surface area contributed by atoms with E-state index in [1.165, 1.54) is 0 Å². The molecule has 0 saturated heterocycles. The zero-order valence-corrected chi connectivity index (χ0v) is 10.4. The number of rotatable bonds is 2. The van der Waals surface area contributed by atoms with Crippen LogP contribution in [0.25, 0.3) is 22.1 Å². The molecule has 0 radical (unpaired) electrons. The van der Waals surface area contributed by atoms with Crippen molar-refractivity contribution < 1.29 is 9.15 Å². The quantitative estimate of drug-likeness (QED) is 0.690. The van der Waals surface area contributed by atoms with Crippen molar-refractivity contribution in [3.63, 3.8) is 0 Å². The van der Waals surface area contributed by atoms with Gasteiger partial charge in [-0.25, -0.2) is 0 Å². The van der Waals surface area contributed by atoms with Gasteiger partial charge in [-0.1, -0.05) is 30.3 Å². The number of hydrogen-bond acceptors (Lipinski definition) is 3. The Balaban J connectivity index is 2.37. The SMILES string of the molecule is COc1ccc(C#N)c2occ(-c3ccccc3)c12. The van der Waals surface area contributed by atoms with E-state index in [1.54, 1.807) is 25.5 Å². The molecule has 19 heavy (non-hydrogen) atoms. The highest BCUT2D eigenvalue weighted by molar-refractivity contribution is 6.00. The fourth-order valence-corrected chi connectivity index (χ4v) is 2.21. The molecular weight excluding hydrogens is 238 g/mol. The van der Waals surface area contributed by atoms with Crippen LogP contribution in [0.2, 0.25) is 0 Å². The minimum absolute atomic E-state index is 0.512. The Kier molecular flexibility index (Phi) is 2.70. The van der Waals surface area contributed by atoms with Crippen LogP contribution in [0.15, 0.2) is 53.1 Å². The molecule has 0 saturated carbocycles. The highest BCUT2D eigenvalue weighted by atomic mass is 16.5. The molecule has 3 nitrogen and oxygen atoms in total. The second-order valence-electron chi connectivity index (χ2n) is 4.15. The lowest BCUT2D eigenvalue weighted by molar-refractivity contribution is 0.419. The molecule has 0 fully saturated rings. The summed E-state index contributed by atoms with van der Waals surface area (Å²) in [4.78, 5) is 0. The minimum atomic E-state index is 0.512. The van der Waals surface area contributed by atoms with Gasteiger partial charge in [-0.05, 0) is 17.7 Å². The van der Waals surface area contributed by atoms with Gasteiger partial charge in [0.15, 0.2) is 5.58 Å². The van der Waals surface area contributed by atoms with Crippen molar-refractivity contribution in [2.75, 3.05) is 7.11 Å². The normalized spacial score (nSPS) is 10.3. The molecule has 0 unspecified atom stereocenters. The second kappa shape index (κ2) is 4.51. The van der Waals surface area contributed by atoms with Crippen LogP contribution >= 0.6 is 0 Å². The van der Waals surface area contributed by atoms with Crippen molar-refractivity contribution in [3.8, 4) is 22.9 Å². The highest BCUT2D eigenvalue weighted by Gasteiger charge is 2.15. The summed E-state index contributed by atoms with van der Waals surface area (Å²) in [5, 5.41) is 9.97. The minimum Gasteiger partial charge on any atom is -0.496 e. The van der Waals surface area contributed by atoms with Crippen molar-refractivity contribution in [2.24, 2.45) is 0 Å². The molecule has 0 spiro atoms. The maximum atomic E-state index is 9.13. The van der Waals surface area contributed by atoms with Crippen LogP contribution in [-0.2, 0) is 0 Å². The lowest BCUT2D eigenvalue weighted by Crippen LogP contribution is -1.86. The number of nitrogens with zero attached hydrogens (tertiary/aromatic N) is 1. The number of furan rings is 1. The zero-order valence-electron chi connectivity index (χ0n) is 10.4. The summed E-state index contributed by atoms with van der Waals surface area (Å²) in [7, 11) is 1.61. The van der Waals surface area contributed by atoms with E-state index in [-0.39, 0.29) is 0 Å². The maximum absolute atomic E-state index is 9.13. The van der Waals surface area contributed by atoms with E-state index in [0.29, 0.717) is 16.9 Å². The Morgan fingerprint density at radius 2 is 1.89 bits per heavy atom. The second-order valence-corrected chi connectivity index (χ2v) is 4.15. The van der Waals surface area contributed by atoms with Crippen LogP contribution in [0.4, 0.5) is 0 Å². The Morgan fingerprint density at radius 3 is 2.58 bits per heavy atom. The van der Waals surface area contributed by atoms with E-state index in [4.69, 9.17) is 14.4 Å². The summed E-state index contributed by atoms with van der Waals surface area (Å²) in [6, 6.07) is 15.5. The molecule has 3 heteroatoms. The third kappa shape index (κ3) is 1.74. The number of fused-ring (bicyclic) bond motifs is 1. The summed E-state index contributed by atoms with van der Waals surface area (Å²) < 4.78 is 10.9. The number of nitriles is 1. The topological polar surface area (TPSA) is 46.2 Å². The van der Waals surface area contributed by atoms with Crippen molar-refractivity contribution in [2.45, 2.75) is 0 Å².